The lowest BCUT2D eigenvalue weighted by molar-refractivity contribution is 0.0726. The first-order chi connectivity index (χ1) is 8.77. The zero-order valence-corrected chi connectivity index (χ0v) is 10.2. The van der Waals surface area contributed by atoms with Gasteiger partial charge in [-0.05, 0) is 31.4 Å². The third-order valence-electron chi connectivity index (χ3n) is 3.45. The third kappa shape index (κ3) is 1.70. The molecule has 0 bridgehead atoms. The summed E-state index contributed by atoms with van der Waals surface area (Å²) in [5.74, 6) is 0.00370. The Bertz CT molecular complexity index is 545. The largest absolute Gasteiger partial charge is 0.329 e. The highest BCUT2D eigenvalue weighted by Crippen LogP contribution is 2.33. The van der Waals surface area contributed by atoms with Gasteiger partial charge in [-0.25, -0.2) is 0 Å². The first-order valence-corrected chi connectivity index (χ1v) is 6.07. The number of nitrogens with zero attached hydrogens (tertiary/aromatic N) is 3. The number of aromatic nitrogens is 4. The van der Waals surface area contributed by atoms with Gasteiger partial charge in [-0.3, -0.25) is 15.0 Å². The molecule has 94 valence electrons. The molecular weight excluding hydrogens is 230 g/mol. The van der Waals surface area contributed by atoms with Crippen molar-refractivity contribution in [3.05, 3.63) is 35.4 Å². The molecule has 1 aliphatic rings. The summed E-state index contributed by atoms with van der Waals surface area (Å²) in [7, 11) is 0. The number of aromatic amines is 2. The number of carbonyl (C=O) groups excluding carboxylic acids is 1. The van der Waals surface area contributed by atoms with Crippen molar-refractivity contribution in [1.29, 1.82) is 0 Å². The van der Waals surface area contributed by atoms with Crippen LogP contribution in [0.25, 0.3) is 0 Å². The van der Waals surface area contributed by atoms with Crippen LogP contribution >= 0.6 is 0 Å². The van der Waals surface area contributed by atoms with Crippen LogP contribution < -0.4 is 0 Å². The van der Waals surface area contributed by atoms with Crippen LogP contribution in [0.1, 0.15) is 40.6 Å². The molecule has 18 heavy (non-hydrogen) atoms. The molecule has 3 heterocycles. The quantitative estimate of drug-likeness (QED) is 0.840. The molecule has 0 saturated carbocycles. The number of aryl methyl sites for hydroxylation is 1. The van der Waals surface area contributed by atoms with Crippen LogP contribution in [0.2, 0.25) is 0 Å². The van der Waals surface area contributed by atoms with Crippen LogP contribution in [0.4, 0.5) is 0 Å². The highest BCUT2D eigenvalue weighted by molar-refractivity contribution is 5.92. The third-order valence-corrected chi connectivity index (χ3v) is 3.45. The minimum atomic E-state index is 0.00370. The number of hydrogen-bond acceptors (Lipinski definition) is 3. The minimum absolute atomic E-state index is 0.00370. The lowest BCUT2D eigenvalue weighted by Crippen LogP contribution is -2.31. The maximum Gasteiger partial charge on any atom is 0.272 e. The fraction of sp³-hybridized carbons (Fsp3) is 0.417. The Hall–Kier alpha value is -2.11. The Morgan fingerprint density at radius 1 is 1.44 bits per heavy atom. The van der Waals surface area contributed by atoms with Crippen LogP contribution in [-0.4, -0.2) is 37.7 Å². The Balaban J connectivity index is 1.88. The summed E-state index contributed by atoms with van der Waals surface area (Å²) in [5.41, 5.74) is 2.68. The van der Waals surface area contributed by atoms with Crippen molar-refractivity contribution in [2.75, 3.05) is 6.54 Å². The van der Waals surface area contributed by atoms with E-state index in [-0.39, 0.29) is 11.9 Å². The number of carbonyl (C=O) groups is 1. The molecule has 2 N–H and O–H groups in total. The summed E-state index contributed by atoms with van der Waals surface area (Å²) in [6, 6.07) is 1.81. The van der Waals surface area contributed by atoms with Crippen LogP contribution in [0.3, 0.4) is 0 Å². The molecule has 0 aliphatic carbocycles. The van der Waals surface area contributed by atoms with Gasteiger partial charge < -0.3 is 4.90 Å². The number of nitrogens with one attached hydrogen (secondary N) is 2. The molecule has 2 aromatic heterocycles. The molecule has 2 aromatic rings. The zero-order valence-electron chi connectivity index (χ0n) is 10.2. The van der Waals surface area contributed by atoms with Crippen LogP contribution in [0, 0.1) is 6.92 Å². The summed E-state index contributed by atoms with van der Waals surface area (Å²) in [6.45, 7) is 2.79. The van der Waals surface area contributed by atoms with E-state index in [1.807, 2.05) is 11.8 Å². The van der Waals surface area contributed by atoms with Gasteiger partial charge in [-0.15, -0.1) is 0 Å². The zero-order chi connectivity index (χ0) is 12.5. The number of rotatable bonds is 2. The molecule has 0 aromatic carbocycles. The van der Waals surface area contributed by atoms with Gasteiger partial charge in [0.05, 0.1) is 17.9 Å². The van der Waals surface area contributed by atoms with Crippen molar-refractivity contribution >= 4 is 5.91 Å². The average molecular weight is 245 g/mol. The summed E-state index contributed by atoms with van der Waals surface area (Å²) >= 11 is 0. The van der Waals surface area contributed by atoms with Crippen LogP contribution in [0.15, 0.2) is 18.5 Å². The van der Waals surface area contributed by atoms with Gasteiger partial charge in [-0.2, -0.15) is 10.2 Å². The molecule has 0 spiro atoms. The van der Waals surface area contributed by atoms with Gasteiger partial charge in [0.15, 0.2) is 0 Å². The molecular formula is C12H15N5O. The highest BCUT2D eigenvalue weighted by atomic mass is 16.2. The molecule has 1 unspecified atom stereocenters. The molecule has 1 amide bonds. The van der Waals surface area contributed by atoms with E-state index in [0.29, 0.717) is 5.69 Å². The molecule has 6 heteroatoms. The van der Waals surface area contributed by atoms with Crippen LogP contribution in [-0.2, 0) is 0 Å². The summed E-state index contributed by atoms with van der Waals surface area (Å²) in [6.07, 6.45) is 5.39. The Kier molecular flexibility index (Phi) is 2.62. The number of amides is 1. The van der Waals surface area contributed by atoms with E-state index in [1.54, 1.807) is 18.5 Å². The van der Waals surface area contributed by atoms with Gasteiger partial charge in [0, 0.05) is 12.7 Å². The van der Waals surface area contributed by atoms with Gasteiger partial charge in [-0.1, -0.05) is 0 Å². The lowest BCUT2D eigenvalue weighted by atomic mass is 10.1. The summed E-state index contributed by atoms with van der Waals surface area (Å²) in [4.78, 5) is 14.2. The van der Waals surface area contributed by atoms with E-state index < -0.39 is 0 Å². The maximum atomic E-state index is 12.3. The molecule has 1 atom stereocenters. The van der Waals surface area contributed by atoms with E-state index in [9.17, 15) is 4.79 Å². The molecule has 1 aliphatic heterocycles. The van der Waals surface area contributed by atoms with Crippen molar-refractivity contribution in [2.45, 2.75) is 25.8 Å². The number of hydrogen-bond donors (Lipinski definition) is 2. The molecule has 1 fully saturated rings. The smallest absolute Gasteiger partial charge is 0.272 e. The molecule has 3 rings (SSSR count). The predicted octanol–water partition coefficient (Wildman–Crippen LogP) is 1.42. The van der Waals surface area contributed by atoms with Crippen molar-refractivity contribution in [1.82, 2.24) is 25.3 Å². The first kappa shape index (κ1) is 11.0. The van der Waals surface area contributed by atoms with E-state index in [2.05, 4.69) is 20.4 Å². The highest BCUT2D eigenvalue weighted by Gasteiger charge is 2.32. The Morgan fingerprint density at radius 3 is 3.00 bits per heavy atom. The molecule has 6 nitrogen and oxygen atoms in total. The van der Waals surface area contributed by atoms with Crippen molar-refractivity contribution in [2.24, 2.45) is 0 Å². The molecule has 1 saturated heterocycles. The second kappa shape index (κ2) is 4.29. The monoisotopic (exact) mass is 245 g/mol. The minimum Gasteiger partial charge on any atom is -0.329 e. The first-order valence-electron chi connectivity index (χ1n) is 6.07. The van der Waals surface area contributed by atoms with E-state index in [0.717, 1.165) is 30.6 Å². The van der Waals surface area contributed by atoms with E-state index >= 15 is 0 Å². The average Bonchev–Trinajstić information content (AvgIpc) is 3.09. The van der Waals surface area contributed by atoms with E-state index in [4.69, 9.17) is 0 Å². The topological polar surface area (TPSA) is 77.7 Å². The van der Waals surface area contributed by atoms with Gasteiger partial charge >= 0.3 is 0 Å². The maximum absolute atomic E-state index is 12.3. The van der Waals surface area contributed by atoms with Crippen molar-refractivity contribution < 1.29 is 4.79 Å². The van der Waals surface area contributed by atoms with Crippen molar-refractivity contribution in [3.63, 3.8) is 0 Å². The number of H-pyrrole nitrogens is 2. The Morgan fingerprint density at radius 2 is 2.33 bits per heavy atom. The van der Waals surface area contributed by atoms with Crippen LogP contribution in [0.5, 0.6) is 0 Å². The SMILES string of the molecule is Cc1cn[nH]c1C1CCCN1C(=O)c1ccn[nH]1. The van der Waals surface area contributed by atoms with Gasteiger partial charge in [0.1, 0.15) is 5.69 Å². The lowest BCUT2D eigenvalue weighted by Gasteiger charge is -2.23. The normalized spacial score (nSPS) is 19.4. The van der Waals surface area contributed by atoms with Gasteiger partial charge in [0.2, 0.25) is 0 Å². The summed E-state index contributed by atoms with van der Waals surface area (Å²) < 4.78 is 0. The van der Waals surface area contributed by atoms with E-state index in [1.165, 1.54) is 0 Å². The Labute approximate surface area is 104 Å². The second-order valence-corrected chi connectivity index (χ2v) is 4.59. The number of likely N-dealkylation sites (tertiary alicyclic amines) is 1. The predicted molar refractivity (Wildman–Crippen MR) is 64.9 cm³/mol. The fourth-order valence-corrected chi connectivity index (χ4v) is 2.53. The van der Waals surface area contributed by atoms with Gasteiger partial charge in [0.25, 0.3) is 5.91 Å². The standard InChI is InChI=1S/C12H15N5O/c1-8-7-14-16-11(8)10-3-2-6-17(10)12(18)9-4-5-13-15-9/h4-5,7,10H,2-3,6H2,1H3,(H,13,15)(H,14,16). The molecule has 0 radical (unpaired) electrons. The summed E-state index contributed by atoms with van der Waals surface area (Å²) in [5, 5.41) is 13.6. The second-order valence-electron chi connectivity index (χ2n) is 4.59. The fourth-order valence-electron chi connectivity index (χ4n) is 2.53. The van der Waals surface area contributed by atoms with Crippen molar-refractivity contribution in [3.8, 4) is 0 Å².